The molecule has 98 valence electrons. The summed E-state index contributed by atoms with van der Waals surface area (Å²) in [5.41, 5.74) is 0.587. The summed E-state index contributed by atoms with van der Waals surface area (Å²) in [4.78, 5) is 2.23. The first kappa shape index (κ1) is 12.1. The van der Waals surface area contributed by atoms with Gasteiger partial charge in [0.1, 0.15) is 11.6 Å². The van der Waals surface area contributed by atoms with E-state index in [-0.39, 0.29) is 0 Å². The van der Waals surface area contributed by atoms with E-state index in [9.17, 15) is 8.78 Å². The number of nitrogens with zero attached hydrogens (tertiary/aromatic N) is 1. The molecule has 1 N–H and O–H groups in total. The zero-order chi connectivity index (χ0) is 12.5. The Morgan fingerprint density at radius 1 is 1.17 bits per heavy atom. The molecule has 1 aliphatic carbocycles. The number of hydrogen-bond donors (Lipinski definition) is 1. The molecule has 3 rings (SSSR count). The number of halogens is 2. The summed E-state index contributed by atoms with van der Waals surface area (Å²) in [7, 11) is 0. The Morgan fingerprint density at radius 2 is 2.00 bits per heavy atom. The van der Waals surface area contributed by atoms with Crippen LogP contribution in [0.4, 0.5) is 8.78 Å². The predicted octanol–water partition coefficient (Wildman–Crippen LogP) is 2.29. The van der Waals surface area contributed by atoms with Crippen molar-refractivity contribution < 1.29 is 8.78 Å². The van der Waals surface area contributed by atoms with Gasteiger partial charge in [-0.05, 0) is 25.3 Å². The molecular formula is C14H18F2N2. The minimum atomic E-state index is -0.508. The third-order valence-electron chi connectivity index (χ3n) is 3.73. The van der Waals surface area contributed by atoms with E-state index >= 15 is 0 Å². The molecule has 2 aliphatic rings. The van der Waals surface area contributed by atoms with Gasteiger partial charge in [0.05, 0.1) is 0 Å². The molecular weight excluding hydrogens is 234 g/mol. The van der Waals surface area contributed by atoms with Crippen LogP contribution in [0.25, 0.3) is 0 Å². The Kier molecular flexibility index (Phi) is 3.31. The highest BCUT2D eigenvalue weighted by atomic mass is 19.1. The lowest BCUT2D eigenvalue weighted by Gasteiger charge is -2.17. The third-order valence-corrected chi connectivity index (χ3v) is 3.73. The van der Waals surface area contributed by atoms with E-state index in [4.69, 9.17) is 0 Å². The van der Waals surface area contributed by atoms with Gasteiger partial charge >= 0.3 is 0 Å². The van der Waals surface area contributed by atoms with Crippen LogP contribution in [-0.2, 0) is 6.54 Å². The van der Waals surface area contributed by atoms with Crippen molar-refractivity contribution in [3.63, 3.8) is 0 Å². The Morgan fingerprint density at radius 3 is 2.72 bits per heavy atom. The van der Waals surface area contributed by atoms with Gasteiger partial charge in [-0.3, -0.25) is 4.90 Å². The van der Waals surface area contributed by atoms with E-state index in [0.29, 0.717) is 18.2 Å². The minimum Gasteiger partial charge on any atom is -0.310 e. The van der Waals surface area contributed by atoms with Gasteiger partial charge < -0.3 is 5.32 Å². The number of hydrogen-bond acceptors (Lipinski definition) is 2. The highest BCUT2D eigenvalue weighted by Gasteiger charge is 2.29. The van der Waals surface area contributed by atoms with E-state index in [1.54, 1.807) is 6.07 Å². The second-order valence-corrected chi connectivity index (χ2v) is 5.40. The Balaban J connectivity index is 1.56. The summed E-state index contributed by atoms with van der Waals surface area (Å²) in [5, 5.41) is 3.60. The van der Waals surface area contributed by atoms with Crippen molar-refractivity contribution in [1.29, 1.82) is 0 Å². The smallest absolute Gasteiger partial charge is 0.130 e. The lowest BCUT2D eigenvalue weighted by molar-refractivity contribution is 0.314. The van der Waals surface area contributed by atoms with Crippen LogP contribution in [0.1, 0.15) is 24.8 Å². The molecule has 2 nitrogen and oxygen atoms in total. The van der Waals surface area contributed by atoms with E-state index in [1.807, 2.05) is 0 Å². The minimum absolute atomic E-state index is 0.436. The fraction of sp³-hybridized carbons (Fsp3) is 0.571. The molecule has 1 unspecified atom stereocenters. The molecule has 1 aromatic carbocycles. The van der Waals surface area contributed by atoms with Crippen molar-refractivity contribution >= 4 is 0 Å². The summed E-state index contributed by atoms with van der Waals surface area (Å²) in [6, 6.07) is 5.10. The molecule has 0 radical (unpaired) electrons. The predicted molar refractivity (Wildman–Crippen MR) is 66.2 cm³/mol. The van der Waals surface area contributed by atoms with Crippen LogP contribution in [-0.4, -0.2) is 30.1 Å². The first-order valence-corrected chi connectivity index (χ1v) is 6.63. The summed E-state index contributed by atoms with van der Waals surface area (Å²) >= 11 is 0. The first-order chi connectivity index (χ1) is 8.70. The van der Waals surface area contributed by atoms with Crippen LogP contribution in [0, 0.1) is 11.6 Å². The van der Waals surface area contributed by atoms with E-state index in [1.165, 1.54) is 18.9 Å². The van der Waals surface area contributed by atoms with Crippen LogP contribution < -0.4 is 5.32 Å². The highest BCUT2D eigenvalue weighted by Crippen LogP contribution is 2.23. The highest BCUT2D eigenvalue weighted by molar-refractivity contribution is 5.18. The van der Waals surface area contributed by atoms with Crippen LogP contribution in [0.5, 0.6) is 0 Å². The summed E-state index contributed by atoms with van der Waals surface area (Å²) in [5.74, 6) is -0.945. The Bertz CT molecular complexity index is 432. The topological polar surface area (TPSA) is 15.3 Å². The molecule has 2 fully saturated rings. The Labute approximate surface area is 106 Å². The van der Waals surface area contributed by atoms with Crippen molar-refractivity contribution in [3.8, 4) is 0 Å². The lowest BCUT2D eigenvalue weighted by Crippen LogP contribution is -2.33. The van der Waals surface area contributed by atoms with Gasteiger partial charge in [0, 0.05) is 43.3 Å². The van der Waals surface area contributed by atoms with Crippen LogP contribution >= 0.6 is 0 Å². The average Bonchev–Trinajstić information content (AvgIpc) is 3.02. The van der Waals surface area contributed by atoms with Crippen molar-refractivity contribution in [2.75, 3.05) is 13.1 Å². The zero-order valence-electron chi connectivity index (χ0n) is 10.3. The summed E-state index contributed by atoms with van der Waals surface area (Å²) in [6.07, 6.45) is 3.71. The Hall–Kier alpha value is -1.00. The fourth-order valence-electron chi connectivity index (χ4n) is 2.59. The van der Waals surface area contributed by atoms with Crippen LogP contribution in [0.15, 0.2) is 18.2 Å². The quantitative estimate of drug-likeness (QED) is 0.884. The molecule has 1 saturated carbocycles. The van der Waals surface area contributed by atoms with Gasteiger partial charge in [-0.25, -0.2) is 8.78 Å². The number of likely N-dealkylation sites (tertiary alicyclic amines) is 1. The normalized spacial score (nSPS) is 24.7. The van der Waals surface area contributed by atoms with Gasteiger partial charge in [-0.1, -0.05) is 6.07 Å². The molecule has 1 saturated heterocycles. The standard InChI is InChI=1S/C14H18F2N2/c15-11-2-1-10(14(16)7-11)8-18-6-5-13(9-18)17-12-3-4-12/h1-2,7,12-13,17H,3-6,8-9H2. The molecule has 0 amide bonds. The van der Waals surface area contributed by atoms with E-state index in [0.717, 1.165) is 31.6 Å². The van der Waals surface area contributed by atoms with Crippen LogP contribution in [0.3, 0.4) is 0 Å². The first-order valence-electron chi connectivity index (χ1n) is 6.63. The maximum atomic E-state index is 13.5. The van der Waals surface area contributed by atoms with Gasteiger partial charge in [0.2, 0.25) is 0 Å². The van der Waals surface area contributed by atoms with E-state index < -0.39 is 11.6 Å². The second-order valence-electron chi connectivity index (χ2n) is 5.40. The monoisotopic (exact) mass is 252 g/mol. The lowest BCUT2D eigenvalue weighted by atomic mass is 10.2. The maximum Gasteiger partial charge on any atom is 0.130 e. The molecule has 1 aromatic rings. The van der Waals surface area contributed by atoms with Gasteiger partial charge in [-0.2, -0.15) is 0 Å². The number of nitrogens with one attached hydrogen (secondary N) is 1. The van der Waals surface area contributed by atoms with Crippen molar-refractivity contribution in [1.82, 2.24) is 10.2 Å². The molecule has 0 bridgehead atoms. The molecule has 1 atom stereocenters. The zero-order valence-corrected chi connectivity index (χ0v) is 10.3. The molecule has 1 heterocycles. The van der Waals surface area contributed by atoms with Gasteiger partial charge in [0.15, 0.2) is 0 Å². The number of benzene rings is 1. The van der Waals surface area contributed by atoms with Crippen molar-refractivity contribution in [3.05, 3.63) is 35.4 Å². The van der Waals surface area contributed by atoms with E-state index in [2.05, 4.69) is 10.2 Å². The van der Waals surface area contributed by atoms with Gasteiger partial charge in [-0.15, -0.1) is 0 Å². The summed E-state index contributed by atoms with van der Waals surface area (Å²) in [6.45, 7) is 2.53. The van der Waals surface area contributed by atoms with Gasteiger partial charge in [0.25, 0.3) is 0 Å². The number of rotatable bonds is 4. The molecule has 0 aromatic heterocycles. The molecule has 1 aliphatic heterocycles. The maximum absolute atomic E-state index is 13.5. The van der Waals surface area contributed by atoms with Crippen molar-refractivity contribution in [2.24, 2.45) is 0 Å². The SMILES string of the molecule is Fc1ccc(CN2CCC(NC3CC3)C2)c(F)c1. The summed E-state index contributed by atoms with van der Waals surface area (Å²) < 4.78 is 26.3. The van der Waals surface area contributed by atoms with Crippen LogP contribution in [0.2, 0.25) is 0 Å². The average molecular weight is 252 g/mol. The fourth-order valence-corrected chi connectivity index (χ4v) is 2.59. The molecule has 18 heavy (non-hydrogen) atoms. The second kappa shape index (κ2) is 4.94. The third kappa shape index (κ3) is 2.87. The van der Waals surface area contributed by atoms with Crippen molar-refractivity contribution in [2.45, 2.75) is 37.9 Å². The molecule has 4 heteroatoms. The molecule has 0 spiro atoms. The largest absolute Gasteiger partial charge is 0.310 e.